The van der Waals surface area contributed by atoms with Crippen molar-refractivity contribution in [2.75, 3.05) is 0 Å². The molecule has 0 saturated heterocycles. The number of benzene rings is 1. The number of hydrogen-bond acceptors (Lipinski definition) is 4. The molecule has 4 aliphatic rings. The lowest BCUT2D eigenvalue weighted by Crippen LogP contribution is -2.50. The van der Waals surface area contributed by atoms with Gasteiger partial charge in [0.25, 0.3) is 0 Å². The predicted molar refractivity (Wildman–Crippen MR) is 138 cm³/mol. The topological polar surface area (TPSA) is 39.2 Å². The Morgan fingerprint density at radius 3 is 2.68 bits per heavy atom. The number of carbonyl (C=O) groups excluding carboxylic acids is 1. The fraction of sp³-hybridized carbons (Fsp3) is 0.600. The van der Waals surface area contributed by atoms with Crippen LogP contribution >= 0.6 is 11.3 Å². The first-order valence-electron chi connectivity index (χ1n) is 13.3. The third-order valence-electron chi connectivity index (χ3n) is 10.3. The first kappa shape index (κ1) is 22.5. The van der Waals surface area contributed by atoms with Crippen LogP contribution in [0.15, 0.2) is 48.2 Å². The molecule has 2 unspecified atom stereocenters. The third kappa shape index (κ3) is 3.51. The summed E-state index contributed by atoms with van der Waals surface area (Å²) in [6.07, 6.45) is 14.4. The van der Waals surface area contributed by atoms with E-state index < -0.39 is 0 Å². The third-order valence-corrected chi connectivity index (χ3v) is 11.4. The number of nitrogens with zero attached hydrogens (tertiary/aromatic N) is 1. The van der Waals surface area contributed by atoms with Crippen molar-refractivity contribution >= 4 is 17.3 Å². The summed E-state index contributed by atoms with van der Waals surface area (Å²) >= 11 is 1.92. The van der Waals surface area contributed by atoms with E-state index >= 15 is 0 Å². The van der Waals surface area contributed by atoms with Gasteiger partial charge in [-0.25, -0.2) is 4.98 Å². The van der Waals surface area contributed by atoms with Crippen LogP contribution in [-0.4, -0.2) is 17.1 Å². The van der Waals surface area contributed by atoms with Crippen LogP contribution < -0.4 is 0 Å². The highest BCUT2D eigenvalue weighted by Gasteiger charge is 2.59. The highest BCUT2D eigenvalue weighted by atomic mass is 32.1. The summed E-state index contributed by atoms with van der Waals surface area (Å²) < 4.78 is 5.62. The number of ether oxygens (including phenoxy) is 1. The van der Waals surface area contributed by atoms with E-state index in [0.29, 0.717) is 16.7 Å². The number of carbonyl (C=O) groups is 1. The molecule has 180 valence electrons. The van der Waals surface area contributed by atoms with Crippen molar-refractivity contribution in [3.8, 4) is 10.4 Å². The fourth-order valence-corrected chi connectivity index (χ4v) is 9.77. The zero-order valence-corrected chi connectivity index (χ0v) is 21.6. The smallest absolute Gasteiger partial charge is 0.302 e. The van der Waals surface area contributed by atoms with E-state index in [1.54, 1.807) is 12.5 Å². The van der Waals surface area contributed by atoms with Gasteiger partial charge >= 0.3 is 5.97 Å². The summed E-state index contributed by atoms with van der Waals surface area (Å²) in [7, 11) is 0. The number of allylic oxidation sites excluding steroid dienone is 1. The van der Waals surface area contributed by atoms with Crippen LogP contribution in [0, 0.1) is 28.6 Å². The Kier molecular flexibility index (Phi) is 5.51. The van der Waals surface area contributed by atoms with E-state index in [-0.39, 0.29) is 12.1 Å². The van der Waals surface area contributed by atoms with Crippen molar-refractivity contribution in [3.63, 3.8) is 0 Å². The minimum absolute atomic E-state index is 0.0850. The fourth-order valence-electron chi connectivity index (χ4n) is 8.55. The monoisotopic (exact) mass is 475 g/mol. The number of fused-ring (bicyclic) bond motifs is 5. The van der Waals surface area contributed by atoms with Crippen molar-refractivity contribution in [1.82, 2.24) is 4.98 Å². The SMILES string of the molecule is CC(=O)O[C@H]1CC[C@@]2(C)C(=CC[C@@H]3C2CC[C@@]2(C)C3CC[C@@H]2c2ncc(-c3ccccc3)s2)C1. The summed E-state index contributed by atoms with van der Waals surface area (Å²) in [6.45, 7) is 6.67. The van der Waals surface area contributed by atoms with E-state index in [1.807, 2.05) is 11.3 Å². The highest BCUT2D eigenvalue weighted by molar-refractivity contribution is 7.15. The Balaban J connectivity index is 1.24. The second-order valence-electron chi connectivity index (χ2n) is 11.8. The molecule has 1 heterocycles. The zero-order chi connectivity index (χ0) is 23.5. The average Bonchev–Trinajstić information content (AvgIpc) is 3.44. The molecule has 6 rings (SSSR count). The average molecular weight is 476 g/mol. The van der Waals surface area contributed by atoms with Crippen molar-refractivity contribution in [2.45, 2.75) is 84.2 Å². The Labute approximate surface area is 208 Å². The summed E-state index contributed by atoms with van der Waals surface area (Å²) in [5.74, 6) is 2.82. The molecule has 1 aromatic carbocycles. The first-order valence-corrected chi connectivity index (χ1v) is 14.1. The molecule has 34 heavy (non-hydrogen) atoms. The van der Waals surface area contributed by atoms with E-state index in [9.17, 15) is 4.79 Å². The van der Waals surface area contributed by atoms with Crippen molar-refractivity contribution in [1.29, 1.82) is 0 Å². The zero-order valence-electron chi connectivity index (χ0n) is 20.8. The second kappa shape index (κ2) is 8.33. The predicted octanol–water partition coefficient (Wildman–Crippen LogP) is 7.79. The van der Waals surface area contributed by atoms with Crippen LogP contribution in [0.5, 0.6) is 0 Å². The molecule has 3 nitrogen and oxygen atoms in total. The van der Waals surface area contributed by atoms with Crippen LogP contribution in [0.25, 0.3) is 10.4 Å². The number of esters is 1. The van der Waals surface area contributed by atoms with Gasteiger partial charge in [0.2, 0.25) is 0 Å². The summed E-state index contributed by atoms with van der Waals surface area (Å²) in [5.41, 5.74) is 3.53. The minimum atomic E-state index is -0.133. The van der Waals surface area contributed by atoms with E-state index in [2.05, 4.69) is 56.5 Å². The lowest BCUT2D eigenvalue weighted by molar-refractivity contribution is -0.148. The largest absolute Gasteiger partial charge is 0.462 e. The quantitative estimate of drug-likeness (QED) is 0.336. The lowest BCUT2D eigenvalue weighted by atomic mass is 9.47. The van der Waals surface area contributed by atoms with Gasteiger partial charge in [0.05, 0.1) is 9.88 Å². The molecule has 3 saturated carbocycles. The van der Waals surface area contributed by atoms with Gasteiger partial charge in [-0.3, -0.25) is 4.79 Å². The maximum Gasteiger partial charge on any atom is 0.302 e. The molecular weight excluding hydrogens is 438 g/mol. The van der Waals surface area contributed by atoms with Crippen LogP contribution in [0.3, 0.4) is 0 Å². The van der Waals surface area contributed by atoms with Gasteiger partial charge in [-0.15, -0.1) is 11.3 Å². The molecule has 7 atom stereocenters. The Morgan fingerprint density at radius 2 is 1.88 bits per heavy atom. The molecular formula is C30H37NO2S. The molecule has 3 fully saturated rings. The molecule has 0 N–H and O–H groups in total. The minimum Gasteiger partial charge on any atom is -0.462 e. The molecule has 0 bridgehead atoms. The van der Waals surface area contributed by atoms with Gasteiger partial charge in [-0.2, -0.15) is 0 Å². The molecule has 2 aromatic rings. The van der Waals surface area contributed by atoms with Gasteiger partial charge in [0, 0.05) is 25.5 Å². The lowest BCUT2D eigenvalue weighted by Gasteiger charge is -2.58. The van der Waals surface area contributed by atoms with Gasteiger partial charge < -0.3 is 4.74 Å². The number of aromatic nitrogens is 1. The number of thiazole rings is 1. The molecule has 1 aromatic heterocycles. The summed E-state index contributed by atoms with van der Waals surface area (Å²) in [5, 5.41) is 1.36. The molecule has 0 amide bonds. The Morgan fingerprint density at radius 1 is 1.06 bits per heavy atom. The molecule has 0 radical (unpaired) electrons. The van der Waals surface area contributed by atoms with Gasteiger partial charge in [0.15, 0.2) is 0 Å². The maximum atomic E-state index is 11.5. The van der Waals surface area contributed by atoms with Crippen LogP contribution in [-0.2, 0) is 9.53 Å². The van der Waals surface area contributed by atoms with Crippen molar-refractivity contribution in [2.24, 2.45) is 28.6 Å². The standard InChI is InChI=1S/C30H37NO2S/c1-19(32)33-22-13-15-29(2)21(17-22)9-10-23-24-11-12-26(30(24,3)16-14-25(23)29)28-31-18-27(34-28)20-7-5-4-6-8-20/h4-9,18,22-26H,10-17H2,1-3H3/t22-,23-,24?,25?,26+,29-,30-/m0/s1. The van der Waals surface area contributed by atoms with Crippen LogP contribution in [0.2, 0.25) is 0 Å². The highest BCUT2D eigenvalue weighted by Crippen LogP contribution is 2.68. The second-order valence-corrected chi connectivity index (χ2v) is 12.9. The van der Waals surface area contributed by atoms with Crippen LogP contribution in [0.1, 0.15) is 83.1 Å². The van der Waals surface area contributed by atoms with E-state index in [4.69, 9.17) is 9.72 Å². The normalized spacial score (nSPS) is 38.9. The van der Waals surface area contributed by atoms with Gasteiger partial charge in [0.1, 0.15) is 6.10 Å². The molecule has 4 aliphatic carbocycles. The van der Waals surface area contributed by atoms with Crippen LogP contribution in [0.4, 0.5) is 0 Å². The number of hydrogen-bond donors (Lipinski definition) is 0. The van der Waals surface area contributed by atoms with Crippen molar-refractivity contribution < 1.29 is 9.53 Å². The first-order chi connectivity index (χ1) is 16.4. The Bertz CT molecular complexity index is 1110. The summed E-state index contributed by atoms with van der Waals surface area (Å²) in [6, 6.07) is 10.7. The maximum absolute atomic E-state index is 11.5. The molecule has 0 spiro atoms. The Hall–Kier alpha value is -1.94. The van der Waals surface area contributed by atoms with Gasteiger partial charge in [-0.05, 0) is 79.1 Å². The molecule has 0 aliphatic heterocycles. The van der Waals surface area contributed by atoms with E-state index in [1.165, 1.54) is 47.6 Å². The van der Waals surface area contributed by atoms with Crippen molar-refractivity contribution in [3.05, 3.63) is 53.2 Å². The number of rotatable bonds is 3. The van der Waals surface area contributed by atoms with E-state index in [0.717, 1.165) is 37.0 Å². The molecule has 4 heteroatoms. The van der Waals surface area contributed by atoms with Gasteiger partial charge in [-0.1, -0.05) is 55.8 Å². The summed E-state index contributed by atoms with van der Waals surface area (Å²) in [4.78, 5) is 17.8.